The third kappa shape index (κ3) is 4.01. The van der Waals surface area contributed by atoms with Crippen molar-refractivity contribution in [3.05, 3.63) is 47.5 Å². The Kier molecular flexibility index (Phi) is 5.99. The van der Waals surface area contributed by atoms with Crippen LogP contribution in [0.15, 0.2) is 47.4 Å². The van der Waals surface area contributed by atoms with E-state index in [9.17, 15) is 18.0 Å². The Hall–Kier alpha value is -2.78. The lowest BCUT2D eigenvalue weighted by Crippen LogP contribution is -2.45. The zero-order valence-electron chi connectivity index (χ0n) is 15.7. The average molecular weight is 439 g/mol. The van der Waals surface area contributed by atoms with E-state index in [-0.39, 0.29) is 34.2 Å². The molecule has 0 aliphatic carbocycles. The van der Waals surface area contributed by atoms with Crippen molar-refractivity contribution in [2.45, 2.75) is 23.8 Å². The first-order chi connectivity index (χ1) is 13.8. The van der Waals surface area contributed by atoms with Crippen LogP contribution in [0, 0.1) is 0 Å². The number of carbonyl (C=O) groups excluding carboxylic acids is 2. The van der Waals surface area contributed by atoms with Crippen LogP contribution in [0.3, 0.4) is 0 Å². The van der Waals surface area contributed by atoms with Crippen LogP contribution in [0.2, 0.25) is 5.02 Å². The number of rotatable bonds is 6. The van der Waals surface area contributed by atoms with Crippen LogP contribution in [0.4, 0.5) is 5.69 Å². The van der Waals surface area contributed by atoms with Crippen LogP contribution in [0.25, 0.3) is 0 Å². The molecule has 10 heteroatoms. The first-order valence-electron chi connectivity index (χ1n) is 8.64. The largest absolute Gasteiger partial charge is 0.497 e. The molecule has 2 amide bonds. The normalized spacial score (nSPS) is 16.6. The van der Waals surface area contributed by atoms with Crippen molar-refractivity contribution in [2.24, 2.45) is 0 Å². The molecule has 8 nitrogen and oxygen atoms in total. The Morgan fingerprint density at radius 1 is 1.17 bits per heavy atom. The van der Waals surface area contributed by atoms with Gasteiger partial charge in [-0.15, -0.1) is 0 Å². The van der Waals surface area contributed by atoms with E-state index in [0.717, 1.165) is 0 Å². The second-order valence-corrected chi connectivity index (χ2v) is 8.46. The number of hydrogen-bond acceptors (Lipinski definition) is 6. The van der Waals surface area contributed by atoms with Crippen molar-refractivity contribution in [1.29, 1.82) is 0 Å². The quantitative estimate of drug-likeness (QED) is 0.743. The summed E-state index contributed by atoms with van der Waals surface area (Å²) in [6.07, 6.45) is 0.00441. The molecule has 0 radical (unpaired) electrons. The third-order valence-corrected chi connectivity index (χ3v) is 6.64. The minimum absolute atomic E-state index is 0.0579. The van der Waals surface area contributed by atoms with Crippen molar-refractivity contribution in [3.63, 3.8) is 0 Å². The molecule has 0 aromatic heterocycles. The van der Waals surface area contributed by atoms with Gasteiger partial charge in [0.1, 0.15) is 23.2 Å². The predicted molar refractivity (Wildman–Crippen MR) is 107 cm³/mol. The van der Waals surface area contributed by atoms with Crippen molar-refractivity contribution in [3.8, 4) is 11.5 Å². The number of benzene rings is 2. The van der Waals surface area contributed by atoms with Gasteiger partial charge in [-0.05, 0) is 18.6 Å². The summed E-state index contributed by atoms with van der Waals surface area (Å²) in [6, 6.07) is 9.31. The summed E-state index contributed by atoms with van der Waals surface area (Å²) in [5.41, 5.74) is 0.163. The topological polar surface area (TPSA) is 102 Å². The van der Waals surface area contributed by atoms with Gasteiger partial charge in [0.15, 0.2) is 0 Å². The van der Waals surface area contributed by atoms with E-state index in [0.29, 0.717) is 10.1 Å². The van der Waals surface area contributed by atoms with E-state index in [1.165, 1.54) is 38.5 Å². The van der Waals surface area contributed by atoms with E-state index in [2.05, 4.69) is 5.32 Å². The van der Waals surface area contributed by atoms with Gasteiger partial charge >= 0.3 is 0 Å². The Morgan fingerprint density at radius 3 is 2.48 bits per heavy atom. The smallest absolute Gasteiger partial charge is 0.267 e. The molecule has 1 atom stereocenters. The molecule has 0 bridgehead atoms. The molecule has 2 aromatic carbocycles. The maximum Gasteiger partial charge on any atom is 0.267 e. The van der Waals surface area contributed by atoms with Gasteiger partial charge < -0.3 is 14.8 Å². The fourth-order valence-corrected chi connectivity index (χ4v) is 4.94. The highest BCUT2D eigenvalue weighted by molar-refractivity contribution is 7.89. The van der Waals surface area contributed by atoms with Gasteiger partial charge in [0.05, 0.1) is 24.1 Å². The number of carbonyl (C=O) groups is 2. The third-order valence-electron chi connectivity index (χ3n) is 4.49. The van der Waals surface area contributed by atoms with Crippen molar-refractivity contribution < 1.29 is 27.5 Å². The van der Waals surface area contributed by atoms with E-state index in [1.54, 1.807) is 18.2 Å². The van der Waals surface area contributed by atoms with Gasteiger partial charge in [-0.3, -0.25) is 9.59 Å². The lowest BCUT2D eigenvalue weighted by Gasteiger charge is -2.24. The molecular weight excluding hydrogens is 420 g/mol. The minimum atomic E-state index is -4.17. The van der Waals surface area contributed by atoms with Crippen molar-refractivity contribution in [2.75, 3.05) is 19.5 Å². The summed E-state index contributed by atoms with van der Waals surface area (Å²) in [4.78, 5) is 25.2. The summed E-state index contributed by atoms with van der Waals surface area (Å²) in [7, 11) is -1.32. The predicted octanol–water partition coefficient (Wildman–Crippen LogP) is 2.68. The second kappa shape index (κ2) is 8.30. The molecule has 29 heavy (non-hydrogen) atoms. The van der Waals surface area contributed by atoms with Crippen LogP contribution in [-0.4, -0.2) is 44.8 Å². The molecular formula is C19H19ClN2O6S. The first-order valence-corrected chi connectivity index (χ1v) is 10.5. The number of sulfonamides is 1. The van der Waals surface area contributed by atoms with Gasteiger partial charge in [-0.25, -0.2) is 12.7 Å². The Labute approximate surface area is 173 Å². The van der Waals surface area contributed by atoms with E-state index < -0.39 is 27.9 Å². The molecule has 1 saturated heterocycles. The number of anilines is 1. The summed E-state index contributed by atoms with van der Waals surface area (Å²) >= 11 is 6.22. The number of ether oxygens (including phenoxy) is 2. The molecule has 0 spiro atoms. The lowest BCUT2D eigenvalue weighted by molar-refractivity contribution is -0.128. The monoisotopic (exact) mass is 438 g/mol. The van der Waals surface area contributed by atoms with Gasteiger partial charge in [0.2, 0.25) is 11.8 Å². The highest BCUT2D eigenvalue weighted by atomic mass is 35.5. The molecule has 1 N–H and O–H groups in total. The van der Waals surface area contributed by atoms with E-state index in [4.69, 9.17) is 21.1 Å². The average Bonchev–Trinajstić information content (AvgIpc) is 3.12. The number of amides is 2. The molecule has 1 aliphatic rings. The Morgan fingerprint density at radius 2 is 1.86 bits per heavy atom. The first kappa shape index (κ1) is 20.9. The van der Waals surface area contributed by atoms with Gasteiger partial charge in [0.25, 0.3) is 10.0 Å². The molecule has 2 aromatic rings. The molecule has 0 unspecified atom stereocenters. The van der Waals surface area contributed by atoms with Crippen LogP contribution in [0.1, 0.15) is 12.8 Å². The number of halogens is 1. The fourth-order valence-electron chi connectivity index (χ4n) is 3.07. The second-order valence-electron chi connectivity index (χ2n) is 6.24. The minimum Gasteiger partial charge on any atom is -0.497 e. The van der Waals surface area contributed by atoms with Crippen LogP contribution >= 0.6 is 11.6 Å². The Bertz CT molecular complexity index is 1040. The molecule has 1 heterocycles. The zero-order valence-corrected chi connectivity index (χ0v) is 17.3. The number of hydrogen-bond donors (Lipinski definition) is 1. The molecule has 1 aliphatic heterocycles. The standard InChI is InChI=1S/C19H19ClN2O6S/c1-27-12-10-14(20)18(16(11-12)28-2)21-19(24)15-8-9-17(23)22(15)29(25,26)13-6-4-3-5-7-13/h3-7,10-11,15H,8-9H2,1-2H3,(H,21,24)/t15-/m1/s1. The summed E-state index contributed by atoms with van der Waals surface area (Å²) in [5, 5.41) is 2.74. The lowest BCUT2D eigenvalue weighted by atomic mass is 10.2. The number of methoxy groups -OCH3 is 2. The molecule has 1 fully saturated rings. The van der Waals surface area contributed by atoms with Gasteiger partial charge in [-0.1, -0.05) is 29.8 Å². The van der Waals surface area contributed by atoms with E-state index in [1.807, 2.05) is 0 Å². The van der Waals surface area contributed by atoms with Crippen LogP contribution < -0.4 is 14.8 Å². The fraction of sp³-hybridized carbons (Fsp3) is 0.263. The SMILES string of the molecule is COc1cc(Cl)c(NC(=O)[C@H]2CCC(=O)N2S(=O)(=O)c2ccccc2)c(OC)c1. The summed E-state index contributed by atoms with van der Waals surface area (Å²) in [6.45, 7) is 0. The molecule has 0 saturated carbocycles. The summed E-state index contributed by atoms with van der Waals surface area (Å²) in [5.74, 6) is -0.652. The maximum atomic E-state index is 12.9. The van der Waals surface area contributed by atoms with E-state index >= 15 is 0 Å². The number of nitrogens with one attached hydrogen (secondary N) is 1. The zero-order chi connectivity index (χ0) is 21.2. The van der Waals surface area contributed by atoms with Gasteiger partial charge in [0, 0.05) is 18.6 Å². The van der Waals surface area contributed by atoms with Crippen molar-refractivity contribution in [1.82, 2.24) is 4.31 Å². The molecule has 154 valence electrons. The van der Waals surface area contributed by atoms with Crippen molar-refractivity contribution >= 4 is 39.1 Å². The molecule has 3 rings (SSSR count). The highest BCUT2D eigenvalue weighted by Crippen LogP contribution is 2.37. The highest BCUT2D eigenvalue weighted by Gasteiger charge is 2.44. The van der Waals surface area contributed by atoms with Crippen LogP contribution in [-0.2, 0) is 19.6 Å². The number of nitrogens with zero attached hydrogens (tertiary/aromatic N) is 1. The maximum absolute atomic E-state index is 12.9. The van der Waals surface area contributed by atoms with Gasteiger partial charge in [-0.2, -0.15) is 0 Å². The van der Waals surface area contributed by atoms with Crippen LogP contribution in [0.5, 0.6) is 11.5 Å². The summed E-state index contributed by atoms with van der Waals surface area (Å²) < 4.78 is 36.9. The Balaban J connectivity index is 1.92.